The van der Waals surface area contributed by atoms with Gasteiger partial charge in [-0.2, -0.15) is 4.39 Å². The van der Waals surface area contributed by atoms with Crippen LogP contribution in [-0.4, -0.2) is 22.0 Å². The highest BCUT2D eigenvalue weighted by Gasteiger charge is 2.09. The Morgan fingerprint density at radius 1 is 1.17 bits per heavy atom. The van der Waals surface area contributed by atoms with Crippen LogP contribution in [0.4, 0.5) is 10.1 Å². The molecule has 0 spiro atoms. The number of hydrogen-bond donors (Lipinski definition) is 1. The summed E-state index contributed by atoms with van der Waals surface area (Å²) in [4.78, 5) is 13.1. The minimum atomic E-state index is -0.490. The standard InChI is InChI=1S/C12H9FN4S/c1-14-7-2-3-8(15-6-7)11-16-9-4-5-10(13)17-12(9)18-11/h2-6,14H,1H3. The quantitative estimate of drug-likeness (QED) is 0.720. The van der Waals surface area contributed by atoms with Crippen LogP contribution >= 0.6 is 11.3 Å². The van der Waals surface area contributed by atoms with Gasteiger partial charge in [0.2, 0.25) is 5.95 Å². The van der Waals surface area contributed by atoms with Crippen molar-refractivity contribution in [2.75, 3.05) is 12.4 Å². The molecule has 4 nitrogen and oxygen atoms in total. The van der Waals surface area contributed by atoms with Gasteiger partial charge in [-0.25, -0.2) is 9.97 Å². The molecule has 0 bridgehead atoms. The molecule has 3 aromatic rings. The molecule has 90 valence electrons. The molecule has 3 rings (SSSR count). The van der Waals surface area contributed by atoms with Crippen LogP contribution in [0.15, 0.2) is 30.5 Å². The van der Waals surface area contributed by atoms with Crippen molar-refractivity contribution in [2.24, 2.45) is 0 Å². The number of hydrogen-bond acceptors (Lipinski definition) is 5. The van der Waals surface area contributed by atoms with Gasteiger partial charge in [0.15, 0.2) is 0 Å². The van der Waals surface area contributed by atoms with Crippen molar-refractivity contribution in [3.63, 3.8) is 0 Å². The summed E-state index contributed by atoms with van der Waals surface area (Å²) in [6.07, 6.45) is 1.73. The van der Waals surface area contributed by atoms with Crippen LogP contribution in [0.5, 0.6) is 0 Å². The van der Waals surface area contributed by atoms with E-state index in [0.29, 0.717) is 10.3 Å². The fourth-order valence-corrected chi connectivity index (χ4v) is 2.48. The van der Waals surface area contributed by atoms with Crippen LogP contribution in [0.3, 0.4) is 0 Å². The van der Waals surface area contributed by atoms with E-state index in [1.54, 1.807) is 12.3 Å². The highest BCUT2D eigenvalue weighted by molar-refractivity contribution is 7.21. The lowest BCUT2D eigenvalue weighted by Crippen LogP contribution is -1.89. The fraction of sp³-hybridized carbons (Fsp3) is 0.0833. The molecule has 0 aliphatic rings. The first-order valence-electron chi connectivity index (χ1n) is 5.33. The summed E-state index contributed by atoms with van der Waals surface area (Å²) in [6.45, 7) is 0. The average Bonchev–Trinajstić information content (AvgIpc) is 2.81. The highest BCUT2D eigenvalue weighted by atomic mass is 32.1. The number of aromatic nitrogens is 3. The van der Waals surface area contributed by atoms with Gasteiger partial charge in [-0.1, -0.05) is 11.3 Å². The first kappa shape index (κ1) is 11.0. The van der Waals surface area contributed by atoms with Gasteiger partial charge >= 0.3 is 0 Å². The van der Waals surface area contributed by atoms with Crippen LogP contribution in [0.2, 0.25) is 0 Å². The Bertz CT molecular complexity index is 693. The summed E-state index contributed by atoms with van der Waals surface area (Å²) in [5.41, 5.74) is 2.39. The summed E-state index contributed by atoms with van der Waals surface area (Å²) in [5.74, 6) is -0.490. The lowest BCUT2D eigenvalue weighted by atomic mass is 10.3. The minimum Gasteiger partial charge on any atom is -0.387 e. The third-order valence-electron chi connectivity index (χ3n) is 2.49. The van der Waals surface area contributed by atoms with Crippen LogP contribution in [0.1, 0.15) is 0 Å². The molecule has 0 atom stereocenters. The summed E-state index contributed by atoms with van der Waals surface area (Å²) in [5, 5.41) is 3.74. The minimum absolute atomic E-state index is 0.490. The zero-order valence-corrected chi connectivity index (χ0v) is 10.3. The molecular weight excluding hydrogens is 251 g/mol. The van der Waals surface area contributed by atoms with Gasteiger partial charge in [0.05, 0.1) is 17.6 Å². The predicted octanol–water partition coefficient (Wildman–Crippen LogP) is 2.93. The fourth-order valence-electron chi connectivity index (χ4n) is 1.57. The Labute approximate surface area is 107 Å². The third-order valence-corrected chi connectivity index (χ3v) is 3.48. The van der Waals surface area contributed by atoms with Crippen molar-refractivity contribution >= 4 is 27.4 Å². The largest absolute Gasteiger partial charge is 0.387 e. The summed E-state index contributed by atoms with van der Waals surface area (Å²) in [7, 11) is 1.83. The zero-order valence-electron chi connectivity index (χ0n) is 9.51. The Balaban J connectivity index is 2.07. The Morgan fingerprint density at radius 2 is 2.06 bits per heavy atom. The normalized spacial score (nSPS) is 10.8. The summed E-state index contributed by atoms with van der Waals surface area (Å²) in [6, 6.07) is 6.73. The average molecular weight is 260 g/mol. The molecule has 18 heavy (non-hydrogen) atoms. The second kappa shape index (κ2) is 4.30. The van der Waals surface area contributed by atoms with Gasteiger partial charge in [0.25, 0.3) is 0 Å². The van der Waals surface area contributed by atoms with E-state index in [-0.39, 0.29) is 0 Å². The van der Waals surface area contributed by atoms with Crippen LogP contribution in [-0.2, 0) is 0 Å². The van der Waals surface area contributed by atoms with Crippen LogP contribution in [0.25, 0.3) is 21.0 Å². The maximum absolute atomic E-state index is 13.0. The van der Waals surface area contributed by atoms with E-state index >= 15 is 0 Å². The van der Waals surface area contributed by atoms with Gasteiger partial charge in [-0.15, -0.1) is 0 Å². The predicted molar refractivity (Wildman–Crippen MR) is 70.2 cm³/mol. The number of pyridine rings is 2. The second-order valence-electron chi connectivity index (χ2n) is 3.66. The number of fused-ring (bicyclic) bond motifs is 1. The number of thiazole rings is 1. The molecule has 0 aliphatic carbocycles. The first-order chi connectivity index (χ1) is 8.76. The SMILES string of the molecule is CNc1ccc(-c2nc3ccc(F)nc3s2)nc1. The van der Waals surface area contributed by atoms with E-state index in [0.717, 1.165) is 16.4 Å². The number of halogens is 1. The molecule has 6 heteroatoms. The van der Waals surface area contributed by atoms with Crippen molar-refractivity contribution in [3.05, 3.63) is 36.4 Å². The maximum Gasteiger partial charge on any atom is 0.214 e. The molecule has 0 unspecified atom stereocenters. The highest BCUT2D eigenvalue weighted by Crippen LogP contribution is 2.28. The van der Waals surface area contributed by atoms with Crippen molar-refractivity contribution in [1.82, 2.24) is 15.0 Å². The third kappa shape index (κ3) is 1.91. The number of rotatable bonds is 2. The van der Waals surface area contributed by atoms with Gasteiger partial charge in [-0.3, -0.25) is 4.98 Å². The molecule has 0 fully saturated rings. The number of nitrogens with one attached hydrogen (secondary N) is 1. The Kier molecular flexibility index (Phi) is 2.64. The zero-order chi connectivity index (χ0) is 12.5. The van der Waals surface area contributed by atoms with E-state index in [1.165, 1.54) is 17.4 Å². The van der Waals surface area contributed by atoms with E-state index in [2.05, 4.69) is 20.3 Å². The van der Waals surface area contributed by atoms with E-state index in [1.807, 2.05) is 19.2 Å². The molecule has 0 saturated carbocycles. The van der Waals surface area contributed by atoms with Crippen molar-refractivity contribution < 1.29 is 4.39 Å². The van der Waals surface area contributed by atoms with Gasteiger partial charge < -0.3 is 5.32 Å². The summed E-state index contributed by atoms with van der Waals surface area (Å²) >= 11 is 1.33. The Hall–Kier alpha value is -2.08. The van der Waals surface area contributed by atoms with E-state index in [4.69, 9.17) is 0 Å². The molecule has 0 saturated heterocycles. The smallest absolute Gasteiger partial charge is 0.214 e. The number of nitrogens with zero attached hydrogens (tertiary/aromatic N) is 3. The van der Waals surface area contributed by atoms with Gasteiger partial charge in [0, 0.05) is 7.05 Å². The van der Waals surface area contributed by atoms with Crippen molar-refractivity contribution in [3.8, 4) is 10.7 Å². The lowest BCUT2D eigenvalue weighted by Gasteiger charge is -1.99. The van der Waals surface area contributed by atoms with Gasteiger partial charge in [0.1, 0.15) is 15.4 Å². The van der Waals surface area contributed by atoms with Crippen molar-refractivity contribution in [2.45, 2.75) is 0 Å². The molecule has 3 aromatic heterocycles. The van der Waals surface area contributed by atoms with E-state index in [9.17, 15) is 4.39 Å². The van der Waals surface area contributed by atoms with E-state index < -0.39 is 5.95 Å². The second-order valence-corrected chi connectivity index (χ2v) is 4.64. The Morgan fingerprint density at radius 3 is 2.78 bits per heavy atom. The maximum atomic E-state index is 13.0. The summed E-state index contributed by atoms with van der Waals surface area (Å²) < 4.78 is 13.0. The van der Waals surface area contributed by atoms with Crippen LogP contribution in [0, 0.1) is 5.95 Å². The lowest BCUT2D eigenvalue weighted by molar-refractivity contribution is 0.589. The monoisotopic (exact) mass is 260 g/mol. The molecule has 1 N–H and O–H groups in total. The molecule has 3 heterocycles. The first-order valence-corrected chi connectivity index (χ1v) is 6.15. The topological polar surface area (TPSA) is 50.7 Å². The molecule has 0 aliphatic heterocycles. The van der Waals surface area contributed by atoms with Gasteiger partial charge in [-0.05, 0) is 24.3 Å². The number of anilines is 1. The molecule has 0 amide bonds. The molecule has 0 radical (unpaired) electrons. The molecular formula is C12H9FN4S. The van der Waals surface area contributed by atoms with Crippen LogP contribution < -0.4 is 5.32 Å². The molecule has 0 aromatic carbocycles. The van der Waals surface area contributed by atoms with Crippen molar-refractivity contribution in [1.29, 1.82) is 0 Å².